The Morgan fingerprint density at radius 2 is 1.71 bits per heavy atom. The number of nitrogens with zero attached hydrogens (tertiary/aromatic N) is 1. The third-order valence-corrected chi connectivity index (χ3v) is 6.16. The van der Waals surface area contributed by atoms with Gasteiger partial charge in [0.1, 0.15) is 10.6 Å². The van der Waals surface area contributed by atoms with Crippen molar-refractivity contribution in [2.24, 2.45) is 4.99 Å². The van der Waals surface area contributed by atoms with Gasteiger partial charge in [0.15, 0.2) is 5.70 Å². The van der Waals surface area contributed by atoms with E-state index < -0.39 is 16.1 Å². The number of hydrogen-bond acceptors (Lipinski definition) is 6. The Kier molecular flexibility index (Phi) is 5.75. The number of halogens is 1. The maximum Gasteiger partial charge on any atom is 0.363 e. The summed E-state index contributed by atoms with van der Waals surface area (Å²) in [5.41, 5.74) is 1.98. The average Bonchev–Trinajstić information content (AvgIpc) is 3.11. The zero-order chi connectivity index (χ0) is 22.0. The summed E-state index contributed by atoms with van der Waals surface area (Å²) in [7, 11) is -4.06. The molecule has 31 heavy (non-hydrogen) atoms. The van der Waals surface area contributed by atoms with Gasteiger partial charge in [0.2, 0.25) is 5.90 Å². The molecule has 8 heteroatoms. The van der Waals surface area contributed by atoms with Crippen LogP contribution in [0, 0.1) is 6.92 Å². The van der Waals surface area contributed by atoms with E-state index in [0.717, 1.165) is 5.56 Å². The van der Waals surface area contributed by atoms with E-state index in [4.69, 9.17) is 8.92 Å². The average molecular weight is 498 g/mol. The van der Waals surface area contributed by atoms with Gasteiger partial charge in [-0.3, -0.25) is 0 Å². The molecule has 0 unspecified atom stereocenters. The summed E-state index contributed by atoms with van der Waals surface area (Å²) in [5, 5.41) is 0. The number of cyclic esters (lactones) is 1. The highest BCUT2D eigenvalue weighted by molar-refractivity contribution is 9.10. The molecule has 3 aromatic carbocycles. The van der Waals surface area contributed by atoms with E-state index in [2.05, 4.69) is 20.9 Å². The van der Waals surface area contributed by atoms with Crippen LogP contribution in [0.5, 0.6) is 5.75 Å². The normalized spacial score (nSPS) is 15.0. The second-order valence-electron chi connectivity index (χ2n) is 6.73. The predicted molar refractivity (Wildman–Crippen MR) is 120 cm³/mol. The van der Waals surface area contributed by atoms with Crippen molar-refractivity contribution in [1.29, 1.82) is 0 Å². The first-order valence-electron chi connectivity index (χ1n) is 9.20. The molecule has 0 spiro atoms. The Labute approximate surface area is 188 Å². The fourth-order valence-corrected chi connectivity index (χ4v) is 4.17. The summed E-state index contributed by atoms with van der Waals surface area (Å²) in [6.07, 6.45) is 1.43. The van der Waals surface area contributed by atoms with Crippen molar-refractivity contribution in [1.82, 2.24) is 0 Å². The molecule has 3 aromatic rings. The minimum absolute atomic E-state index is 0.0317. The number of rotatable bonds is 5. The maximum absolute atomic E-state index is 12.7. The van der Waals surface area contributed by atoms with Crippen molar-refractivity contribution in [3.05, 3.63) is 99.7 Å². The number of aryl methyl sites for hydroxylation is 1. The minimum atomic E-state index is -4.06. The van der Waals surface area contributed by atoms with Crippen LogP contribution in [0.2, 0.25) is 0 Å². The molecule has 0 amide bonds. The molecule has 1 aliphatic rings. The Morgan fingerprint density at radius 3 is 2.42 bits per heavy atom. The Bertz CT molecular complexity index is 1310. The van der Waals surface area contributed by atoms with Crippen molar-refractivity contribution in [2.75, 3.05) is 0 Å². The van der Waals surface area contributed by atoms with Crippen LogP contribution in [0.15, 0.2) is 92.9 Å². The summed E-state index contributed by atoms with van der Waals surface area (Å²) < 4.78 is 36.7. The predicted octanol–water partition coefficient (Wildman–Crippen LogP) is 4.87. The molecular weight excluding hydrogens is 482 g/mol. The summed E-state index contributed by atoms with van der Waals surface area (Å²) in [6, 6.07) is 20.1. The number of carbonyl (C=O) groups excluding carboxylic acids is 1. The number of hydrogen-bond donors (Lipinski definition) is 0. The number of aliphatic imine (C=N–C) groups is 1. The second-order valence-corrected chi connectivity index (χ2v) is 9.20. The van der Waals surface area contributed by atoms with Crippen LogP contribution in [-0.4, -0.2) is 20.3 Å². The smallest absolute Gasteiger partial charge is 0.363 e. The third-order valence-electron chi connectivity index (χ3n) is 4.41. The van der Waals surface area contributed by atoms with Gasteiger partial charge in [-0.15, -0.1) is 0 Å². The second kappa shape index (κ2) is 8.49. The third kappa shape index (κ3) is 4.76. The van der Waals surface area contributed by atoms with Crippen molar-refractivity contribution >= 4 is 44.0 Å². The fourth-order valence-electron chi connectivity index (χ4n) is 2.84. The first-order chi connectivity index (χ1) is 14.8. The van der Waals surface area contributed by atoms with Gasteiger partial charge >= 0.3 is 16.1 Å². The van der Waals surface area contributed by atoms with E-state index in [1.54, 1.807) is 36.4 Å². The van der Waals surface area contributed by atoms with Crippen LogP contribution in [0.25, 0.3) is 6.08 Å². The molecule has 156 valence electrons. The first kappa shape index (κ1) is 21.0. The van der Waals surface area contributed by atoms with E-state index in [1.165, 1.54) is 24.3 Å². The lowest BCUT2D eigenvalue weighted by molar-refractivity contribution is -0.129. The maximum atomic E-state index is 12.7. The molecule has 0 bridgehead atoms. The van der Waals surface area contributed by atoms with E-state index >= 15 is 0 Å². The Balaban J connectivity index is 1.70. The van der Waals surface area contributed by atoms with Crippen LogP contribution in [0.3, 0.4) is 0 Å². The van der Waals surface area contributed by atoms with E-state index in [0.29, 0.717) is 15.6 Å². The van der Waals surface area contributed by atoms with Crippen LogP contribution < -0.4 is 4.18 Å². The van der Waals surface area contributed by atoms with Crippen LogP contribution >= 0.6 is 15.9 Å². The highest BCUT2D eigenvalue weighted by atomic mass is 79.9. The monoisotopic (exact) mass is 497 g/mol. The lowest BCUT2D eigenvalue weighted by Gasteiger charge is -2.10. The summed E-state index contributed by atoms with van der Waals surface area (Å²) in [6.45, 7) is 1.86. The topological polar surface area (TPSA) is 82.0 Å². The zero-order valence-electron chi connectivity index (χ0n) is 16.3. The fraction of sp³-hybridized carbons (Fsp3) is 0.0435. The van der Waals surface area contributed by atoms with Gasteiger partial charge in [-0.2, -0.15) is 8.42 Å². The molecule has 4 rings (SSSR count). The zero-order valence-corrected chi connectivity index (χ0v) is 18.7. The van der Waals surface area contributed by atoms with Crippen molar-refractivity contribution in [3.8, 4) is 5.75 Å². The van der Waals surface area contributed by atoms with Gasteiger partial charge in [0.05, 0.1) is 0 Å². The molecule has 0 saturated carbocycles. The summed E-state index contributed by atoms with van der Waals surface area (Å²) in [4.78, 5) is 16.6. The standard InChI is InChI=1S/C23H16BrNO5S/c1-15-7-10-19(11-8-15)31(27,28)30-21-12-9-18(24)13-17(21)14-20-23(26)29-22(25-20)16-5-3-2-4-6-16/h2-14H,1H3. The van der Waals surface area contributed by atoms with Gasteiger partial charge in [-0.25, -0.2) is 9.79 Å². The van der Waals surface area contributed by atoms with Crippen molar-refractivity contribution in [2.45, 2.75) is 11.8 Å². The summed E-state index contributed by atoms with van der Waals surface area (Å²) in [5.74, 6) is -0.389. The largest absolute Gasteiger partial charge is 0.402 e. The SMILES string of the molecule is Cc1ccc(S(=O)(=O)Oc2ccc(Br)cc2C=C2N=C(c3ccccc3)OC2=O)cc1. The van der Waals surface area contributed by atoms with E-state index in [9.17, 15) is 13.2 Å². The van der Waals surface area contributed by atoms with Gasteiger partial charge in [0, 0.05) is 15.6 Å². The highest BCUT2D eigenvalue weighted by Crippen LogP contribution is 2.30. The number of benzene rings is 3. The van der Waals surface area contributed by atoms with Crippen LogP contribution in [0.4, 0.5) is 0 Å². The molecule has 0 atom stereocenters. The highest BCUT2D eigenvalue weighted by Gasteiger charge is 2.25. The molecule has 0 radical (unpaired) electrons. The van der Waals surface area contributed by atoms with Crippen LogP contribution in [0.1, 0.15) is 16.7 Å². The molecule has 0 fully saturated rings. The molecule has 0 saturated heterocycles. The molecular formula is C23H16BrNO5S. The lowest BCUT2D eigenvalue weighted by atomic mass is 10.1. The quantitative estimate of drug-likeness (QED) is 0.285. The van der Waals surface area contributed by atoms with Gasteiger partial charge < -0.3 is 8.92 Å². The van der Waals surface area contributed by atoms with E-state index in [-0.39, 0.29) is 22.2 Å². The number of carbonyl (C=O) groups is 1. The molecule has 1 aliphatic heterocycles. The first-order valence-corrected chi connectivity index (χ1v) is 11.4. The summed E-state index contributed by atoms with van der Waals surface area (Å²) >= 11 is 3.36. The van der Waals surface area contributed by atoms with Crippen molar-refractivity contribution < 1.29 is 22.1 Å². The molecule has 1 heterocycles. The Hall–Kier alpha value is -3.23. The molecule has 6 nitrogen and oxygen atoms in total. The van der Waals surface area contributed by atoms with Crippen molar-refractivity contribution in [3.63, 3.8) is 0 Å². The van der Waals surface area contributed by atoms with Gasteiger partial charge in [0.25, 0.3) is 0 Å². The van der Waals surface area contributed by atoms with Gasteiger partial charge in [-0.1, -0.05) is 51.8 Å². The lowest BCUT2D eigenvalue weighted by Crippen LogP contribution is -2.10. The number of ether oxygens (including phenoxy) is 1. The van der Waals surface area contributed by atoms with Gasteiger partial charge in [-0.05, 0) is 55.5 Å². The molecule has 0 aromatic heterocycles. The minimum Gasteiger partial charge on any atom is -0.402 e. The van der Waals surface area contributed by atoms with E-state index in [1.807, 2.05) is 25.1 Å². The number of esters is 1. The molecule has 0 aliphatic carbocycles. The Morgan fingerprint density at radius 1 is 1.00 bits per heavy atom. The molecule has 0 N–H and O–H groups in total. The van der Waals surface area contributed by atoms with Crippen LogP contribution in [-0.2, 0) is 19.6 Å².